The number of rotatable bonds is 31. The third-order valence-electron chi connectivity index (χ3n) is 21.6. The van der Waals surface area contributed by atoms with Crippen molar-refractivity contribution in [1.29, 1.82) is 0 Å². The van der Waals surface area contributed by atoms with E-state index in [1.165, 1.54) is 92.1 Å². The summed E-state index contributed by atoms with van der Waals surface area (Å²) in [5.41, 5.74) is 7.02. The molecule has 4 fully saturated rings. The fourth-order valence-electron chi connectivity index (χ4n) is 15.0. The predicted octanol–water partition coefficient (Wildman–Crippen LogP) is 16.5. The Morgan fingerprint density at radius 3 is 1.05 bits per heavy atom. The van der Waals surface area contributed by atoms with Crippen LogP contribution in [-0.4, -0.2) is 194 Å². The van der Waals surface area contributed by atoms with Gasteiger partial charge in [-0.2, -0.15) is 0 Å². The molecule has 5 aromatic carbocycles. The quantitative estimate of drug-likeness (QED) is 0.0182. The molecule has 1 aliphatic carbocycles. The predicted molar refractivity (Wildman–Crippen MR) is 495 cm³/mol. The molecule has 0 unspecified atom stereocenters. The monoisotopic (exact) mass is 1830 g/mol. The van der Waals surface area contributed by atoms with Crippen molar-refractivity contribution in [3.8, 4) is 68.3 Å². The second kappa shape index (κ2) is 44.0. The third-order valence-corrected chi connectivity index (χ3v) is 23.9. The SMILES string of the molecule is C=CC(=O)N[C@H]1CCOC[C@H]1Nc1ncc2cc(-c3c(Cl)c(OC)cc(OC)c3Cl)nc(NCC3CCCC3)c2n1.C=CC(=O)N[C@H]1CCOC[C@H]1Nc1ncc2cc(-c3c(Cl)c(OC)cc(OC)c3Cl)nc(NCCc3ccccc3)c2n1.C=CC(=O)N[C@H]1CCOC[C@H]1Nc1ncc2cc(-c3c(Cl)c(OC)cc(OC)c3Cl)nc(NCc3ccccc3)c2n1. The maximum atomic E-state index is 12.0. The van der Waals surface area contributed by atoms with E-state index in [0.29, 0.717) is 239 Å². The van der Waals surface area contributed by atoms with Gasteiger partial charge in [-0.25, -0.2) is 44.9 Å². The van der Waals surface area contributed by atoms with Gasteiger partial charge in [-0.05, 0) is 92.0 Å². The summed E-state index contributed by atoms with van der Waals surface area (Å²) < 4.78 is 49.8. The minimum atomic E-state index is -0.247. The highest BCUT2D eigenvalue weighted by molar-refractivity contribution is 6.42. The van der Waals surface area contributed by atoms with Crippen LogP contribution in [-0.2, 0) is 41.6 Å². The van der Waals surface area contributed by atoms with E-state index in [2.05, 4.69) is 94.7 Å². The number of carbonyl (C=O) groups is 3. The summed E-state index contributed by atoms with van der Waals surface area (Å²) in [5.74, 6) is 5.08. The lowest BCUT2D eigenvalue weighted by atomic mass is 10.0. The standard InChI is InChI=1S/C31H32Cl2N6O4.C30H30Cl2N6O4.C29H34Cl2N6O4/c1-4-25(40)36-20-11-13-43-17-22(20)38-31-35-16-19-14-21(26-27(32)23(41-2)15-24(42-3)28(26)33)37-30(29(19)39-31)34-12-10-18-8-6-5-7-9-18;1-4-24(39)35-19-10-11-42-16-21(19)37-30-34-15-18-12-20(25-26(31)22(40-2)13-23(41-3)27(25)32)36-29(28(18)38-30)33-14-17-8-6-5-7-9-17;1-4-23(38)34-18-9-10-41-15-20(18)36-29-33-14-17-11-19(24-25(30)21(39-2)12-22(40-3)26(24)31)35-28(27(17)37-29)32-13-16-7-5-6-8-16/h4-9,14-16,20,22H,1,10-13,17H2,2-3H3,(H,34,37)(H,36,40)(H,35,38,39);4-9,12-13,15,19,21H,1,10-11,14,16H2,2-3H3,(H,33,36)(H,35,39)(H,34,37,38);4,11-12,14,16,18,20H,1,5-10,13,15H2,2-3H3,(H,32,35)(H,34,38)(H,33,36,37)/t20-,22+;19-,21+;18-,20+/m000/s1. The van der Waals surface area contributed by atoms with Gasteiger partial charge in [-0.15, -0.1) is 0 Å². The van der Waals surface area contributed by atoms with Gasteiger partial charge in [0.1, 0.15) is 51.0 Å². The number of hydrogen-bond donors (Lipinski definition) is 9. The van der Waals surface area contributed by atoms with Crippen LogP contribution in [0.25, 0.3) is 66.5 Å². The van der Waals surface area contributed by atoms with Crippen molar-refractivity contribution < 1.29 is 57.0 Å². The summed E-state index contributed by atoms with van der Waals surface area (Å²) in [4.78, 5) is 78.9. The minimum absolute atomic E-state index is 0.152. The van der Waals surface area contributed by atoms with Gasteiger partial charge in [0.25, 0.3) is 0 Å². The van der Waals surface area contributed by atoms with Gasteiger partial charge >= 0.3 is 0 Å². The van der Waals surface area contributed by atoms with E-state index in [1.807, 2.05) is 66.7 Å². The molecule has 15 rings (SSSR count). The molecular weight excluding hydrogens is 1740 g/mol. The summed E-state index contributed by atoms with van der Waals surface area (Å²) in [7, 11) is 9.16. The van der Waals surface area contributed by atoms with Gasteiger partial charge in [-0.1, -0.05) is 163 Å². The molecule has 3 amide bonds. The Hall–Kier alpha value is -11.6. The highest BCUT2D eigenvalue weighted by atomic mass is 35.5. The van der Waals surface area contributed by atoms with E-state index in [0.717, 1.165) is 23.9 Å². The molecule has 30 nitrogen and oxygen atoms in total. The summed E-state index contributed by atoms with van der Waals surface area (Å²) in [5, 5.41) is 33.3. The fourth-order valence-corrected chi connectivity index (χ4v) is 17.1. The largest absolute Gasteiger partial charge is 0.495 e. The molecule has 4 aliphatic rings. The first kappa shape index (κ1) is 92.1. The lowest BCUT2D eigenvalue weighted by molar-refractivity contribution is -0.118. The second-order valence-corrected chi connectivity index (χ2v) is 31.9. The van der Waals surface area contributed by atoms with Gasteiger partial charge in [-0.3, -0.25) is 14.4 Å². The molecule has 660 valence electrons. The first-order valence-corrected chi connectivity index (χ1v) is 43.0. The van der Waals surface area contributed by atoms with Crippen molar-refractivity contribution >= 4 is 155 Å². The molecule has 3 saturated heterocycles. The van der Waals surface area contributed by atoms with Crippen molar-refractivity contribution in [3.63, 3.8) is 0 Å². The Bertz CT molecular complexity index is 5670. The number of carbonyl (C=O) groups excluding carboxylic acids is 3. The highest BCUT2D eigenvalue weighted by Crippen LogP contribution is 2.50. The number of amides is 3. The normalized spacial score (nSPS) is 17.3. The molecular formula is C90H96Cl6N18O12. The molecule has 11 aromatic rings. The van der Waals surface area contributed by atoms with Crippen LogP contribution in [0.3, 0.4) is 0 Å². The summed E-state index contributed by atoms with van der Waals surface area (Å²) >= 11 is 40.4. The van der Waals surface area contributed by atoms with Crippen LogP contribution < -0.4 is 76.3 Å². The lowest BCUT2D eigenvalue weighted by Gasteiger charge is -2.32. The Balaban J connectivity index is 0.000000162. The number of ether oxygens (including phenoxy) is 9. The molecule has 0 radical (unpaired) electrons. The van der Waals surface area contributed by atoms with Gasteiger partial charge in [0.2, 0.25) is 35.6 Å². The number of aromatic nitrogens is 9. The van der Waals surface area contributed by atoms with Crippen molar-refractivity contribution in [2.45, 2.75) is 94.2 Å². The first-order valence-electron chi connectivity index (χ1n) is 40.7. The Morgan fingerprint density at radius 2 is 0.722 bits per heavy atom. The van der Waals surface area contributed by atoms with Crippen molar-refractivity contribution in [1.82, 2.24) is 60.8 Å². The lowest BCUT2D eigenvalue weighted by Crippen LogP contribution is -2.52. The Morgan fingerprint density at radius 1 is 0.405 bits per heavy atom. The van der Waals surface area contributed by atoms with E-state index in [9.17, 15) is 14.4 Å². The number of anilines is 6. The van der Waals surface area contributed by atoms with Gasteiger partial charge in [0.05, 0.1) is 146 Å². The molecule has 6 aromatic heterocycles. The minimum Gasteiger partial charge on any atom is -0.495 e. The smallest absolute Gasteiger partial charge is 0.243 e. The molecule has 1 saturated carbocycles. The van der Waals surface area contributed by atoms with Crippen molar-refractivity contribution in [2.24, 2.45) is 5.92 Å². The van der Waals surface area contributed by atoms with E-state index in [-0.39, 0.29) is 54.0 Å². The van der Waals surface area contributed by atoms with Crippen LogP contribution in [0.15, 0.2) is 154 Å². The topological polar surface area (TPSA) is 359 Å². The summed E-state index contributed by atoms with van der Waals surface area (Å²) in [6, 6.07) is 29.3. The Kier molecular flexibility index (Phi) is 32.2. The molecule has 3 aliphatic heterocycles. The van der Waals surface area contributed by atoms with Crippen molar-refractivity contribution in [2.75, 3.05) is 127 Å². The van der Waals surface area contributed by atoms with Crippen LogP contribution in [0.1, 0.15) is 56.1 Å². The highest BCUT2D eigenvalue weighted by Gasteiger charge is 2.33. The van der Waals surface area contributed by atoms with Crippen LogP contribution in [0.2, 0.25) is 30.1 Å². The molecule has 126 heavy (non-hydrogen) atoms. The van der Waals surface area contributed by atoms with E-state index >= 15 is 0 Å². The maximum absolute atomic E-state index is 12.0. The van der Waals surface area contributed by atoms with Gasteiger partial charge in [0.15, 0.2) is 17.5 Å². The summed E-state index contributed by atoms with van der Waals surface area (Å²) in [6.07, 6.45) is 16.5. The van der Waals surface area contributed by atoms with Crippen LogP contribution >= 0.6 is 69.6 Å². The fraction of sp³-hybridized carbons (Fsp3) is 0.333. The average molecular weight is 1830 g/mol. The van der Waals surface area contributed by atoms with Crippen LogP contribution in [0.5, 0.6) is 34.5 Å². The first-order chi connectivity index (χ1) is 61.2. The van der Waals surface area contributed by atoms with Crippen LogP contribution in [0.4, 0.5) is 35.3 Å². The zero-order valence-corrected chi connectivity index (χ0v) is 74.6. The molecule has 0 bridgehead atoms. The number of benzene rings is 5. The zero-order chi connectivity index (χ0) is 88.9. The third kappa shape index (κ3) is 22.4. The number of halogens is 6. The van der Waals surface area contributed by atoms with E-state index in [1.54, 1.807) is 36.8 Å². The second-order valence-electron chi connectivity index (χ2n) is 29.6. The zero-order valence-electron chi connectivity index (χ0n) is 70.1. The molecule has 9 heterocycles. The maximum Gasteiger partial charge on any atom is 0.243 e. The molecule has 9 N–H and O–H groups in total. The number of methoxy groups -OCH3 is 6. The molecule has 6 atom stereocenters. The summed E-state index contributed by atoms with van der Waals surface area (Å²) in [6.45, 7) is 15.3. The van der Waals surface area contributed by atoms with E-state index < -0.39 is 0 Å². The molecule has 0 spiro atoms. The number of nitrogens with zero attached hydrogens (tertiary/aromatic N) is 9. The average Bonchev–Trinajstić information content (AvgIpc) is 0.825. The number of fused-ring (bicyclic) bond motifs is 3. The van der Waals surface area contributed by atoms with Crippen molar-refractivity contribution in [3.05, 3.63) is 195 Å². The molecule has 36 heteroatoms. The number of pyridine rings is 3. The number of hydrogen-bond acceptors (Lipinski definition) is 27. The van der Waals surface area contributed by atoms with E-state index in [4.69, 9.17) is 142 Å². The Labute approximate surface area is 758 Å². The number of nitrogens with one attached hydrogen (secondary N) is 9. The van der Waals surface area contributed by atoms with Gasteiger partial charge in [0, 0.05) is 109 Å². The van der Waals surface area contributed by atoms with Gasteiger partial charge < -0.3 is 90.5 Å². The van der Waals surface area contributed by atoms with Crippen LogP contribution in [0, 0.1) is 5.92 Å².